The summed E-state index contributed by atoms with van der Waals surface area (Å²) >= 11 is 2.28. The summed E-state index contributed by atoms with van der Waals surface area (Å²) in [6.45, 7) is 0. The molecule has 18 heavy (non-hydrogen) atoms. The van der Waals surface area contributed by atoms with Crippen molar-refractivity contribution in [1.82, 2.24) is 14.9 Å². The van der Waals surface area contributed by atoms with Gasteiger partial charge in [-0.3, -0.25) is 0 Å². The topological polar surface area (TPSA) is 41.1 Å². The van der Waals surface area contributed by atoms with Crippen LogP contribution in [-0.4, -0.2) is 41.0 Å². The number of rotatable bonds is 2. The number of anilines is 1. The lowest BCUT2D eigenvalue weighted by Crippen LogP contribution is -2.39. The van der Waals surface area contributed by atoms with Gasteiger partial charge in [0.05, 0.1) is 3.57 Å². The Morgan fingerprint density at radius 2 is 2.00 bits per heavy atom. The van der Waals surface area contributed by atoms with Crippen LogP contribution in [0.25, 0.3) is 0 Å². The molecule has 2 aliphatic rings. The third-order valence-electron chi connectivity index (χ3n) is 4.46. The molecular weight excluding hydrogens is 339 g/mol. The van der Waals surface area contributed by atoms with Gasteiger partial charge in [-0.25, -0.2) is 9.97 Å². The summed E-state index contributed by atoms with van der Waals surface area (Å²) in [5.41, 5.74) is 0. The molecule has 2 bridgehead atoms. The van der Waals surface area contributed by atoms with Gasteiger partial charge >= 0.3 is 0 Å². The van der Waals surface area contributed by atoms with Gasteiger partial charge in [-0.15, -0.1) is 0 Å². The van der Waals surface area contributed by atoms with E-state index < -0.39 is 0 Å². The Hall–Kier alpha value is -0.430. The third kappa shape index (κ3) is 2.11. The highest BCUT2D eigenvalue weighted by Crippen LogP contribution is 2.41. The summed E-state index contributed by atoms with van der Waals surface area (Å²) in [4.78, 5) is 11.8. The maximum absolute atomic E-state index is 4.69. The van der Waals surface area contributed by atoms with Crippen molar-refractivity contribution in [2.75, 3.05) is 19.4 Å². The van der Waals surface area contributed by atoms with E-state index in [2.05, 4.69) is 49.8 Å². The van der Waals surface area contributed by atoms with Crippen molar-refractivity contribution in [3.63, 3.8) is 0 Å². The van der Waals surface area contributed by atoms with Crippen LogP contribution in [0.5, 0.6) is 0 Å². The fraction of sp³-hybridized carbons (Fsp3) is 0.692. The Labute approximate surface area is 122 Å². The standard InChI is InChI=1S/C13H19IN4/c1-15-13-11(14)7-16-12(17-13)8-5-9-3-4-10(6-8)18(9)2/h7-10H,3-6H2,1-2H3,(H,15,16,17). The third-order valence-corrected chi connectivity index (χ3v) is 5.25. The largest absolute Gasteiger partial charge is 0.372 e. The van der Waals surface area contributed by atoms with E-state index in [1.54, 1.807) is 0 Å². The molecule has 0 spiro atoms. The molecule has 2 aliphatic heterocycles. The van der Waals surface area contributed by atoms with Gasteiger partial charge < -0.3 is 10.2 Å². The van der Waals surface area contributed by atoms with E-state index in [-0.39, 0.29) is 0 Å². The first-order valence-corrected chi connectivity index (χ1v) is 7.69. The van der Waals surface area contributed by atoms with E-state index in [1.165, 1.54) is 25.7 Å². The number of nitrogens with zero attached hydrogens (tertiary/aromatic N) is 3. The Kier molecular flexibility index (Phi) is 3.44. The predicted molar refractivity (Wildman–Crippen MR) is 80.8 cm³/mol. The quantitative estimate of drug-likeness (QED) is 0.825. The molecule has 1 aromatic rings. The molecule has 0 radical (unpaired) electrons. The molecule has 0 saturated carbocycles. The molecule has 2 atom stereocenters. The molecule has 1 aromatic heterocycles. The normalized spacial score (nSPS) is 31.6. The molecule has 2 unspecified atom stereocenters. The summed E-state index contributed by atoms with van der Waals surface area (Å²) < 4.78 is 1.09. The molecule has 3 heterocycles. The zero-order valence-electron chi connectivity index (χ0n) is 10.9. The van der Waals surface area contributed by atoms with Crippen molar-refractivity contribution in [3.05, 3.63) is 15.6 Å². The molecule has 98 valence electrons. The fourth-order valence-corrected chi connectivity index (χ4v) is 3.90. The van der Waals surface area contributed by atoms with Crippen LogP contribution >= 0.6 is 22.6 Å². The second-order valence-electron chi connectivity index (χ2n) is 5.39. The van der Waals surface area contributed by atoms with E-state index in [4.69, 9.17) is 0 Å². The molecule has 2 saturated heterocycles. The minimum absolute atomic E-state index is 0.544. The van der Waals surface area contributed by atoms with Crippen LogP contribution in [0, 0.1) is 3.57 Å². The van der Waals surface area contributed by atoms with E-state index in [9.17, 15) is 0 Å². The number of piperidine rings is 1. The predicted octanol–water partition coefficient (Wildman–Crippen LogP) is 2.46. The lowest BCUT2D eigenvalue weighted by molar-refractivity contribution is 0.159. The molecule has 4 nitrogen and oxygen atoms in total. The van der Waals surface area contributed by atoms with Crippen LogP contribution < -0.4 is 5.32 Å². The molecular formula is C13H19IN4. The summed E-state index contributed by atoms with van der Waals surface area (Å²) in [5.74, 6) is 2.54. The van der Waals surface area contributed by atoms with Crippen molar-refractivity contribution in [2.24, 2.45) is 0 Å². The minimum Gasteiger partial charge on any atom is -0.372 e. The van der Waals surface area contributed by atoms with Gasteiger partial charge in [0.25, 0.3) is 0 Å². The van der Waals surface area contributed by atoms with Crippen molar-refractivity contribution in [1.29, 1.82) is 0 Å². The average molecular weight is 358 g/mol. The van der Waals surface area contributed by atoms with Crippen LogP contribution in [0.4, 0.5) is 5.82 Å². The Balaban J connectivity index is 1.84. The number of fused-ring (bicyclic) bond motifs is 2. The van der Waals surface area contributed by atoms with Crippen LogP contribution in [0.1, 0.15) is 37.4 Å². The van der Waals surface area contributed by atoms with Crippen molar-refractivity contribution >= 4 is 28.4 Å². The first-order valence-electron chi connectivity index (χ1n) is 6.61. The highest BCUT2D eigenvalue weighted by atomic mass is 127. The summed E-state index contributed by atoms with van der Waals surface area (Å²) in [7, 11) is 4.19. The van der Waals surface area contributed by atoms with Crippen LogP contribution in [0.2, 0.25) is 0 Å². The molecule has 0 amide bonds. The first-order chi connectivity index (χ1) is 8.69. The van der Waals surface area contributed by atoms with E-state index in [0.29, 0.717) is 5.92 Å². The Bertz CT molecular complexity index is 437. The van der Waals surface area contributed by atoms with Gasteiger partial charge in [0.2, 0.25) is 0 Å². The van der Waals surface area contributed by atoms with E-state index in [1.807, 2.05) is 13.2 Å². The van der Waals surface area contributed by atoms with Gasteiger partial charge in [-0.05, 0) is 55.3 Å². The van der Waals surface area contributed by atoms with Gasteiger partial charge in [0.1, 0.15) is 11.6 Å². The van der Waals surface area contributed by atoms with Gasteiger partial charge in [0.15, 0.2) is 0 Å². The molecule has 2 fully saturated rings. The number of hydrogen-bond donors (Lipinski definition) is 1. The molecule has 1 N–H and O–H groups in total. The highest BCUT2D eigenvalue weighted by molar-refractivity contribution is 14.1. The number of aromatic nitrogens is 2. The Morgan fingerprint density at radius 3 is 2.61 bits per heavy atom. The zero-order chi connectivity index (χ0) is 12.7. The van der Waals surface area contributed by atoms with Crippen LogP contribution in [0.3, 0.4) is 0 Å². The second-order valence-corrected chi connectivity index (χ2v) is 6.56. The van der Waals surface area contributed by atoms with Gasteiger partial charge in [-0.2, -0.15) is 0 Å². The van der Waals surface area contributed by atoms with Crippen LogP contribution in [0.15, 0.2) is 6.20 Å². The average Bonchev–Trinajstić information content (AvgIpc) is 2.62. The zero-order valence-corrected chi connectivity index (χ0v) is 13.0. The SMILES string of the molecule is CNc1nc(C2CC3CCC(C2)N3C)ncc1I. The number of halogens is 1. The second kappa shape index (κ2) is 4.92. The lowest BCUT2D eigenvalue weighted by atomic mass is 9.90. The first kappa shape index (κ1) is 12.6. The van der Waals surface area contributed by atoms with Crippen molar-refractivity contribution in [3.8, 4) is 0 Å². The molecule has 0 aliphatic carbocycles. The maximum atomic E-state index is 4.69. The Morgan fingerprint density at radius 1 is 1.33 bits per heavy atom. The minimum atomic E-state index is 0.544. The fourth-order valence-electron chi connectivity index (χ4n) is 3.38. The van der Waals surface area contributed by atoms with Gasteiger partial charge in [0, 0.05) is 31.2 Å². The molecule has 0 aromatic carbocycles. The smallest absolute Gasteiger partial charge is 0.142 e. The molecule has 5 heteroatoms. The summed E-state index contributed by atoms with van der Waals surface area (Å²) in [5, 5.41) is 3.15. The van der Waals surface area contributed by atoms with Gasteiger partial charge in [-0.1, -0.05) is 0 Å². The highest BCUT2D eigenvalue weighted by Gasteiger charge is 2.39. The summed E-state index contributed by atoms with van der Waals surface area (Å²) in [6.07, 6.45) is 7.07. The van der Waals surface area contributed by atoms with E-state index >= 15 is 0 Å². The number of nitrogens with one attached hydrogen (secondary N) is 1. The maximum Gasteiger partial charge on any atom is 0.142 e. The van der Waals surface area contributed by atoms with Crippen LogP contribution in [-0.2, 0) is 0 Å². The van der Waals surface area contributed by atoms with Crippen molar-refractivity contribution < 1.29 is 0 Å². The summed E-state index contributed by atoms with van der Waals surface area (Å²) in [6, 6.07) is 1.49. The molecule has 3 rings (SSSR count). The van der Waals surface area contributed by atoms with E-state index in [0.717, 1.165) is 27.3 Å². The lowest BCUT2D eigenvalue weighted by Gasteiger charge is -2.35. The number of hydrogen-bond acceptors (Lipinski definition) is 4. The monoisotopic (exact) mass is 358 g/mol. The van der Waals surface area contributed by atoms with Crippen molar-refractivity contribution in [2.45, 2.75) is 43.7 Å².